The van der Waals surface area contributed by atoms with Crippen LogP contribution in [0.15, 0.2) is 22.5 Å². The minimum absolute atomic E-state index is 0.0119. The Labute approximate surface area is 144 Å². The van der Waals surface area contributed by atoms with E-state index >= 15 is 0 Å². The van der Waals surface area contributed by atoms with Gasteiger partial charge in [0.05, 0.1) is 0 Å². The maximum atomic E-state index is 11.9. The number of carbonyl (C=O) groups excluding carboxylic acids is 1. The molecule has 0 aliphatic rings. The summed E-state index contributed by atoms with van der Waals surface area (Å²) in [7, 11) is 0. The third-order valence-corrected chi connectivity index (χ3v) is 4.36. The van der Waals surface area contributed by atoms with E-state index in [0.29, 0.717) is 5.96 Å². The molecule has 23 heavy (non-hydrogen) atoms. The summed E-state index contributed by atoms with van der Waals surface area (Å²) in [6.45, 7) is 13.9. The summed E-state index contributed by atoms with van der Waals surface area (Å²) in [6, 6.07) is 4.21. The van der Waals surface area contributed by atoms with Crippen LogP contribution in [0.3, 0.4) is 0 Å². The number of thiophene rings is 1. The summed E-state index contributed by atoms with van der Waals surface area (Å²) >= 11 is 1.76. The van der Waals surface area contributed by atoms with Crippen molar-refractivity contribution in [3.05, 3.63) is 22.4 Å². The molecule has 1 aromatic heterocycles. The number of guanidine groups is 1. The first-order valence-corrected chi connectivity index (χ1v) is 8.89. The largest absolute Gasteiger partial charge is 0.357 e. The maximum absolute atomic E-state index is 11.9. The Morgan fingerprint density at radius 1 is 1.22 bits per heavy atom. The van der Waals surface area contributed by atoms with E-state index in [1.54, 1.807) is 11.3 Å². The molecule has 6 heteroatoms. The molecule has 0 unspecified atom stereocenters. The lowest BCUT2D eigenvalue weighted by molar-refractivity contribution is -0.121. The molecule has 0 aliphatic heterocycles. The van der Waals surface area contributed by atoms with Crippen LogP contribution in [0.2, 0.25) is 0 Å². The number of nitrogens with zero attached hydrogens (tertiary/aromatic N) is 1. The van der Waals surface area contributed by atoms with Gasteiger partial charge in [-0.2, -0.15) is 0 Å². The number of aliphatic imine (C=N–C) groups is 1. The molecular weight excluding hydrogens is 308 g/mol. The highest BCUT2D eigenvalue weighted by Crippen LogP contribution is 2.26. The molecule has 5 nitrogen and oxygen atoms in total. The Kier molecular flexibility index (Phi) is 7.06. The van der Waals surface area contributed by atoms with Crippen molar-refractivity contribution in [3.8, 4) is 0 Å². The first kappa shape index (κ1) is 19.5. The second-order valence-corrected chi connectivity index (χ2v) is 8.16. The third-order valence-electron chi connectivity index (χ3n) is 3.13. The van der Waals surface area contributed by atoms with Gasteiger partial charge in [-0.05, 0) is 39.1 Å². The summed E-state index contributed by atoms with van der Waals surface area (Å²) in [5.41, 5.74) is -0.225. The van der Waals surface area contributed by atoms with Crippen LogP contribution in [-0.4, -0.2) is 37.0 Å². The number of carbonyl (C=O) groups is 1. The number of rotatable bonds is 6. The normalized spacial score (nSPS) is 12.9. The van der Waals surface area contributed by atoms with Gasteiger partial charge in [0.15, 0.2) is 5.96 Å². The topological polar surface area (TPSA) is 65.5 Å². The minimum atomic E-state index is -0.237. The molecule has 0 bridgehead atoms. The van der Waals surface area contributed by atoms with Crippen LogP contribution in [0.4, 0.5) is 0 Å². The van der Waals surface area contributed by atoms with Gasteiger partial charge in [0.1, 0.15) is 6.54 Å². The molecule has 0 aliphatic carbocycles. The third kappa shape index (κ3) is 7.50. The zero-order valence-corrected chi connectivity index (χ0v) is 15.9. The minimum Gasteiger partial charge on any atom is -0.357 e. The average molecular weight is 339 g/mol. The molecule has 0 radical (unpaired) electrons. The Hall–Kier alpha value is -1.56. The van der Waals surface area contributed by atoms with E-state index in [2.05, 4.69) is 52.3 Å². The van der Waals surface area contributed by atoms with Gasteiger partial charge in [-0.25, -0.2) is 4.99 Å². The van der Waals surface area contributed by atoms with E-state index in [-0.39, 0.29) is 23.4 Å². The quantitative estimate of drug-likeness (QED) is 0.551. The number of hydrogen-bond donors (Lipinski definition) is 3. The number of nitrogens with one attached hydrogen (secondary N) is 3. The van der Waals surface area contributed by atoms with Crippen LogP contribution < -0.4 is 16.0 Å². The van der Waals surface area contributed by atoms with Crippen molar-refractivity contribution in [2.75, 3.05) is 19.6 Å². The molecule has 0 spiro atoms. The first-order valence-electron chi connectivity index (χ1n) is 8.01. The van der Waals surface area contributed by atoms with E-state index in [1.165, 1.54) is 4.88 Å². The number of amides is 1. The van der Waals surface area contributed by atoms with Crippen molar-refractivity contribution in [1.82, 2.24) is 16.0 Å². The maximum Gasteiger partial charge on any atom is 0.242 e. The zero-order chi connectivity index (χ0) is 17.5. The van der Waals surface area contributed by atoms with E-state index in [9.17, 15) is 4.79 Å². The highest BCUT2D eigenvalue weighted by atomic mass is 32.1. The fourth-order valence-electron chi connectivity index (χ4n) is 2.01. The molecule has 130 valence electrons. The van der Waals surface area contributed by atoms with Gasteiger partial charge in [-0.1, -0.05) is 19.9 Å². The van der Waals surface area contributed by atoms with Crippen molar-refractivity contribution in [2.45, 2.75) is 52.5 Å². The molecular formula is C17H30N4OS. The molecule has 1 heterocycles. The molecule has 0 fully saturated rings. The summed E-state index contributed by atoms with van der Waals surface area (Å²) in [4.78, 5) is 17.6. The monoisotopic (exact) mass is 338 g/mol. The smallest absolute Gasteiger partial charge is 0.242 e. The molecule has 1 aromatic rings. The predicted octanol–water partition coefficient (Wildman–Crippen LogP) is 2.50. The Morgan fingerprint density at radius 2 is 1.91 bits per heavy atom. The second-order valence-electron chi connectivity index (χ2n) is 7.21. The number of hydrogen-bond acceptors (Lipinski definition) is 3. The molecule has 1 rings (SSSR count). The van der Waals surface area contributed by atoms with Crippen molar-refractivity contribution >= 4 is 23.2 Å². The van der Waals surface area contributed by atoms with Gasteiger partial charge in [0, 0.05) is 28.9 Å². The fraction of sp³-hybridized carbons (Fsp3) is 0.647. The molecule has 3 N–H and O–H groups in total. The molecule has 0 saturated carbocycles. The van der Waals surface area contributed by atoms with E-state index < -0.39 is 0 Å². The van der Waals surface area contributed by atoms with Crippen LogP contribution in [0.25, 0.3) is 0 Å². The fourth-order valence-corrected chi connectivity index (χ4v) is 2.86. The van der Waals surface area contributed by atoms with Gasteiger partial charge in [-0.15, -0.1) is 11.3 Å². The van der Waals surface area contributed by atoms with Crippen LogP contribution in [0.1, 0.15) is 46.4 Å². The molecule has 0 saturated heterocycles. The standard InChI is InChI=1S/C17H30N4OS/c1-7-18-15(19-11-14(22)21-16(2,3)4)20-12-17(5,6)13-9-8-10-23-13/h8-10H,7,11-12H2,1-6H3,(H,21,22)(H2,18,19,20). The first-order chi connectivity index (χ1) is 10.6. The van der Waals surface area contributed by atoms with Crippen molar-refractivity contribution in [3.63, 3.8) is 0 Å². The lowest BCUT2D eigenvalue weighted by atomic mass is 9.91. The van der Waals surface area contributed by atoms with E-state index in [4.69, 9.17) is 0 Å². The predicted molar refractivity (Wildman–Crippen MR) is 99.2 cm³/mol. The van der Waals surface area contributed by atoms with Gasteiger partial charge in [0.25, 0.3) is 0 Å². The van der Waals surface area contributed by atoms with Gasteiger partial charge in [-0.3, -0.25) is 4.79 Å². The highest BCUT2D eigenvalue weighted by molar-refractivity contribution is 7.10. The van der Waals surface area contributed by atoms with Gasteiger partial charge >= 0.3 is 0 Å². The summed E-state index contributed by atoms with van der Waals surface area (Å²) in [5.74, 6) is 0.591. The van der Waals surface area contributed by atoms with E-state index in [1.807, 2.05) is 27.7 Å². The van der Waals surface area contributed by atoms with Crippen LogP contribution in [-0.2, 0) is 10.2 Å². The Morgan fingerprint density at radius 3 is 2.43 bits per heavy atom. The van der Waals surface area contributed by atoms with Crippen LogP contribution in [0.5, 0.6) is 0 Å². The lowest BCUT2D eigenvalue weighted by Gasteiger charge is -2.25. The lowest BCUT2D eigenvalue weighted by Crippen LogP contribution is -2.45. The van der Waals surface area contributed by atoms with Crippen LogP contribution in [0, 0.1) is 0 Å². The van der Waals surface area contributed by atoms with Gasteiger partial charge < -0.3 is 16.0 Å². The van der Waals surface area contributed by atoms with Crippen LogP contribution >= 0.6 is 11.3 Å². The van der Waals surface area contributed by atoms with Crippen molar-refractivity contribution < 1.29 is 4.79 Å². The SMILES string of the molecule is CCNC(=NCC(=O)NC(C)(C)C)NCC(C)(C)c1cccs1. The molecule has 1 amide bonds. The summed E-state index contributed by atoms with van der Waals surface area (Å²) in [5, 5.41) is 11.5. The molecule has 0 aromatic carbocycles. The van der Waals surface area contributed by atoms with Crippen molar-refractivity contribution in [1.29, 1.82) is 0 Å². The molecule has 0 atom stereocenters. The zero-order valence-electron chi connectivity index (χ0n) is 15.1. The van der Waals surface area contributed by atoms with E-state index in [0.717, 1.165) is 13.1 Å². The van der Waals surface area contributed by atoms with Gasteiger partial charge in [0.2, 0.25) is 5.91 Å². The van der Waals surface area contributed by atoms with Crippen molar-refractivity contribution in [2.24, 2.45) is 4.99 Å². The summed E-state index contributed by atoms with van der Waals surface area (Å²) in [6.07, 6.45) is 0. The summed E-state index contributed by atoms with van der Waals surface area (Å²) < 4.78 is 0. The highest BCUT2D eigenvalue weighted by Gasteiger charge is 2.22. The average Bonchev–Trinajstić information content (AvgIpc) is 2.95. The Balaban J connectivity index is 2.61. The Bertz CT molecular complexity index is 515. The second kappa shape index (κ2) is 8.34.